The van der Waals surface area contributed by atoms with Gasteiger partial charge in [-0.25, -0.2) is 0 Å². The molecular weight excluding hydrogens is 287 g/mol. The topological polar surface area (TPSA) is 55.8 Å². The zero-order valence-corrected chi connectivity index (χ0v) is 13.9. The van der Waals surface area contributed by atoms with E-state index in [2.05, 4.69) is 0 Å². The summed E-state index contributed by atoms with van der Waals surface area (Å²) in [4.78, 5) is 0. The summed E-state index contributed by atoms with van der Waals surface area (Å²) in [5.41, 5.74) is 0.912. The third-order valence-electron chi connectivity index (χ3n) is 2.88. The summed E-state index contributed by atoms with van der Waals surface area (Å²) in [6.07, 6.45) is 4.61. The molecule has 0 bridgehead atoms. The van der Waals surface area contributed by atoms with Crippen molar-refractivity contribution in [2.24, 2.45) is 0 Å². The first-order valence-corrected chi connectivity index (χ1v) is 8.85. The standard InChI is InChI=1S/C16H25O4P/c1-4-13-19-21(18,20-14-5-2)16(3,17)12-11-15-9-7-6-8-10-15/h6-12,17H,4-5,13-14H2,1-3H3/b12-11+. The number of aliphatic hydroxyl groups is 1. The number of hydrogen-bond acceptors (Lipinski definition) is 4. The fourth-order valence-corrected chi connectivity index (χ4v) is 3.33. The Hall–Kier alpha value is -0.930. The lowest BCUT2D eigenvalue weighted by atomic mass is 10.2. The van der Waals surface area contributed by atoms with Gasteiger partial charge in [0.25, 0.3) is 0 Å². The highest BCUT2D eigenvalue weighted by molar-refractivity contribution is 7.55. The molecule has 4 nitrogen and oxygen atoms in total. The predicted octanol–water partition coefficient (Wildman–Crippen LogP) is 4.45. The monoisotopic (exact) mass is 312 g/mol. The molecule has 0 radical (unpaired) electrons. The van der Waals surface area contributed by atoms with Gasteiger partial charge in [0.05, 0.1) is 13.2 Å². The summed E-state index contributed by atoms with van der Waals surface area (Å²) >= 11 is 0. The van der Waals surface area contributed by atoms with Crippen molar-refractivity contribution in [2.75, 3.05) is 13.2 Å². The van der Waals surface area contributed by atoms with Crippen LogP contribution in [0.1, 0.15) is 39.2 Å². The highest BCUT2D eigenvalue weighted by atomic mass is 31.2. The molecular formula is C16H25O4P. The minimum atomic E-state index is -3.62. The number of rotatable bonds is 9. The molecule has 1 aromatic rings. The van der Waals surface area contributed by atoms with Crippen molar-refractivity contribution < 1.29 is 18.7 Å². The van der Waals surface area contributed by atoms with Crippen molar-refractivity contribution in [3.05, 3.63) is 42.0 Å². The van der Waals surface area contributed by atoms with Crippen LogP contribution in [0.15, 0.2) is 36.4 Å². The molecule has 0 fully saturated rings. The summed E-state index contributed by atoms with van der Waals surface area (Å²) in [7, 11) is -3.62. The van der Waals surface area contributed by atoms with Gasteiger partial charge < -0.3 is 14.2 Å². The SMILES string of the molecule is CCCOP(=O)(OCCC)C(C)(O)/C=C/c1ccccc1. The van der Waals surface area contributed by atoms with Crippen LogP contribution in [-0.4, -0.2) is 23.7 Å². The first-order valence-electron chi connectivity index (χ1n) is 7.31. The van der Waals surface area contributed by atoms with Crippen LogP contribution in [-0.2, 0) is 13.6 Å². The lowest BCUT2D eigenvalue weighted by molar-refractivity contribution is 0.110. The molecule has 0 aliphatic carbocycles. The summed E-state index contributed by atoms with van der Waals surface area (Å²) in [5, 5.41) is 8.89. The molecule has 0 amide bonds. The van der Waals surface area contributed by atoms with Crippen molar-refractivity contribution in [1.82, 2.24) is 0 Å². The molecule has 21 heavy (non-hydrogen) atoms. The molecule has 0 spiro atoms. The highest BCUT2D eigenvalue weighted by Crippen LogP contribution is 2.59. The molecule has 1 N–H and O–H groups in total. The molecule has 118 valence electrons. The molecule has 0 aliphatic heterocycles. The minimum Gasteiger partial charge on any atom is -0.374 e. The van der Waals surface area contributed by atoms with Crippen LogP contribution in [0.2, 0.25) is 0 Å². The van der Waals surface area contributed by atoms with E-state index in [0.717, 1.165) is 5.56 Å². The quantitative estimate of drug-likeness (QED) is 0.684. The maximum Gasteiger partial charge on any atom is 0.365 e. The largest absolute Gasteiger partial charge is 0.374 e. The Balaban J connectivity index is 2.92. The summed E-state index contributed by atoms with van der Waals surface area (Å²) < 4.78 is 23.6. The van der Waals surface area contributed by atoms with E-state index in [4.69, 9.17) is 9.05 Å². The maximum atomic E-state index is 12.8. The molecule has 0 saturated carbocycles. The average molecular weight is 312 g/mol. The molecule has 1 rings (SSSR count). The van der Waals surface area contributed by atoms with Crippen LogP contribution in [0.5, 0.6) is 0 Å². The van der Waals surface area contributed by atoms with Crippen molar-refractivity contribution in [3.63, 3.8) is 0 Å². The van der Waals surface area contributed by atoms with Gasteiger partial charge in [-0.1, -0.05) is 50.3 Å². The Labute approximate surface area is 127 Å². The summed E-state index contributed by atoms with van der Waals surface area (Å²) in [6, 6.07) is 9.51. The zero-order valence-electron chi connectivity index (χ0n) is 13.0. The third-order valence-corrected chi connectivity index (χ3v) is 5.18. The van der Waals surface area contributed by atoms with E-state index in [9.17, 15) is 9.67 Å². The van der Waals surface area contributed by atoms with Gasteiger partial charge in [-0.15, -0.1) is 0 Å². The number of benzene rings is 1. The van der Waals surface area contributed by atoms with Crippen molar-refractivity contribution in [3.8, 4) is 0 Å². The van der Waals surface area contributed by atoms with Gasteiger partial charge in [0, 0.05) is 0 Å². The maximum absolute atomic E-state index is 12.8. The van der Waals surface area contributed by atoms with E-state index in [-0.39, 0.29) is 13.2 Å². The summed E-state index contributed by atoms with van der Waals surface area (Å²) in [6.45, 7) is 5.86. The van der Waals surface area contributed by atoms with Gasteiger partial charge in [-0.3, -0.25) is 4.57 Å². The van der Waals surface area contributed by atoms with Gasteiger partial charge in [0.15, 0.2) is 5.34 Å². The Kier molecular flexibility index (Phi) is 7.33. The van der Waals surface area contributed by atoms with E-state index in [0.29, 0.717) is 12.8 Å². The Morgan fingerprint density at radius 3 is 2.14 bits per heavy atom. The van der Waals surface area contributed by atoms with Crippen molar-refractivity contribution in [2.45, 2.75) is 39.0 Å². The first kappa shape index (κ1) is 18.1. The molecule has 1 unspecified atom stereocenters. The first-order chi connectivity index (χ1) is 9.95. The summed E-state index contributed by atoms with van der Waals surface area (Å²) in [5.74, 6) is 0. The van der Waals surface area contributed by atoms with E-state index < -0.39 is 12.9 Å². The van der Waals surface area contributed by atoms with Crippen LogP contribution in [0, 0.1) is 0 Å². The Morgan fingerprint density at radius 1 is 1.14 bits per heavy atom. The molecule has 5 heteroatoms. The second-order valence-corrected chi connectivity index (χ2v) is 7.42. The van der Waals surface area contributed by atoms with Crippen molar-refractivity contribution >= 4 is 13.7 Å². The smallest absolute Gasteiger partial charge is 0.365 e. The molecule has 0 aliphatic rings. The fourth-order valence-electron chi connectivity index (χ4n) is 1.63. The normalized spacial score (nSPS) is 15.2. The average Bonchev–Trinajstić information content (AvgIpc) is 2.50. The zero-order chi connectivity index (χ0) is 15.8. The van der Waals surface area contributed by atoms with Crippen LogP contribution in [0.4, 0.5) is 0 Å². The van der Waals surface area contributed by atoms with Gasteiger partial charge in [0.1, 0.15) is 0 Å². The predicted molar refractivity (Wildman–Crippen MR) is 86.2 cm³/mol. The molecule has 0 saturated heterocycles. The van der Waals surface area contributed by atoms with Gasteiger partial charge in [-0.2, -0.15) is 0 Å². The van der Waals surface area contributed by atoms with Crippen LogP contribution in [0.25, 0.3) is 6.08 Å². The van der Waals surface area contributed by atoms with E-state index in [1.807, 2.05) is 44.2 Å². The lowest BCUT2D eigenvalue weighted by Crippen LogP contribution is -2.24. The van der Waals surface area contributed by atoms with Crippen LogP contribution >= 0.6 is 7.60 Å². The molecule has 0 heterocycles. The third kappa shape index (κ3) is 5.40. The minimum absolute atomic E-state index is 0.288. The molecule has 1 aromatic carbocycles. The Bertz CT molecular complexity index is 470. The number of hydrogen-bond donors (Lipinski definition) is 1. The van der Waals surface area contributed by atoms with Gasteiger partial charge in [-0.05, 0) is 31.4 Å². The Morgan fingerprint density at radius 2 is 1.67 bits per heavy atom. The van der Waals surface area contributed by atoms with Crippen molar-refractivity contribution in [1.29, 1.82) is 0 Å². The van der Waals surface area contributed by atoms with E-state index >= 15 is 0 Å². The second kappa shape index (κ2) is 8.50. The fraction of sp³-hybridized carbons (Fsp3) is 0.500. The van der Waals surface area contributed by atoms with Gasteiger partial charge in [0.2, 0.25) is 0 Å². The lowest BCUT2D eigenvalue weighted by Gasteiger charge is -2.29. The van der Waals surface area contributed by atoms with Crippen LogP contribution < -0.4 is 0 Å². The van der Waals surface area contributed by atoms with Crippen LogP contribution in [0.3, 0.4) is 0 Å². The highest BCUT2D eigenvalue weighted by Gasteiger charge is 2.44. The second-order valence-electron chi connectivity index (χ2n) is 5.00. The van der Waals surface area contributed by atoms with E-state index in [1.165, 1.54) is 13.0 Å². The van der Waals surface area contributed by atoms with Gasteiger partial charge >= 0.3 is 7.60 Å². The van der Waals surface area contributed by atoms with E-state index in [1.54, 1.807) is 6.08 Å². The molecule has 0 aromatic heterocycles. The molecule has 1 atom stereocenters.